The molecule has 0 unspecified atom stereocenters. The summed E-state index contributed by atoms with van der Waals surface area (Å²) in [7, 11) is 3.18. The molecule has 0 radical (unpaired) electrons. The maximum atomic E-state index is 13.0. The summed E-state index contributed by atoms with van der Waals surface area (Å²) < 4.78 is 16.6. The second-order valence-electron chi connectivity index (χ2n) is 8.31. The Hall–Kier alpha value is -2.61. The highest BCUT2D eigenvalue weighted by atomic mass is 16.5. The number of amides is 2. The number of hydrogen-bond donors (Lipinski definition) is 0. The fourth-order valence-electron chi connectivity index (χ4n) is 4.63. The molecule has 30 heavy (non-hydrogen) atoms. The minimum Gasteiger partial charge on any atom is -0.497 e. The minimum absolute atomic E-state index is 0.00523. The summed E-state index contributed by atoms with van der Waals surface area (Å²) >= 11 is 0. The fourth-order valence-corrected chi connectivity index (χ4v) is 4.63. The highest BCUT2D eigenvalue weighted by Crippen LogP contribution is 2.41. The van der Waals surface area contributed by atoms with Crippen molar-refractivity contribution in [2.24, 2.45) is 5.92 Å². The Kier molecular flexibility index (Phi) is 5.69. The summed E-state index contributed by atoms with van der Waals surface area (Å²) in [5.41, 5.74) is 0.00371. The second-order valence-corrected chi connectivity index (χ2v) is 8.31. The van der Waals surface area contributed by atoms with Crippen LogP contribution in [-0.4, -0.2) is 80.0 Å². The molecule has 2 saturated heterocycles. The molecule has 0 N–H and O–H groups in total. The van der Waals surface area contributed by atoms with Crippen molar-refractivity contribution < 1.29 is 28.6 Å². The van der Waals surface area contributed by atoms with Crippen LogP contribution in [-0.2, 0) is 14.3 Å². The largest absolute Gasteiger partial charge is 0.497 e. The van der Waals surface area contributed by atoms with Crippen LogP contribution in [0.3, 0.4) is 0 Å². The summed E-state index contributed by atoms with van der Waals surface area (Å²) in [6.45, 7) is 2.48. The van der Waals surface area contributed by atoms with E-state index in [4.69, 9.17) is 14.2 Å². The van der Waals surface area contributed by atoms with Gasteiger partial charge in [-0.15, -0.1) is 0 Å². The van der Waals surface area contributed by atoms with E-state index < -0.39 is 5.60 Å². The number of carbonyl (C=O) groups is 3. The van der Waals surface area contributed by atoms with E-state index in [0.717, 1.165) is 0 Å². The number of likely N-dealkylation sites (tertiary alicyclic amines) is 2. The number of carbonyl (C=O) groups excluding carboxylic acids is 3. The molecule has 3 aliphatic rings. The third-order valence-electron chi connectivity index (χ3n) is 6.41. The van der Waals surface area contributed by atoms with Gasteiger partial charge in [-0.2, -0.15) is 0 Å². The first-order valence-corrected chi connectivity index (χ1v) is 10.4. The van der Waals surface area contributed by atoms with E-state index in [0.29, 0.717) is 69.1 Å². The molecule has 0 aromatic heterocycles. The molecule has 2 fully saturated rings. The van der Waals surface area contributed by atoms with Gasteiger partial charge in [-0.25, -0.2) is 0 Å². The number of ether oxygens (including phenoxy) is 3. The van der Waals surface area contributed by atoms with E-state index in [-0.39, 0.29) is 29.9 Å². The molecule has 3 aliphatic heterocycles. The van der Waals surface area contributed by atoms with Crippen LogP contribution in [0.15, 0.2) is 18.2 Å². The summed E-state index contributed by atoms with van der Waals surface area (Å²) in [5, 5.41) is 0. The summed E-state index contributed by atoms with van der Waals surface area (Å²) in [5.74, 6) is 0.986. The van der Waals surface area contributed by atoms with Crippen LogP contribution in [0.2, 0.25) is 0 Å². The Balaban J connectivity index is 1.38. The number of fused-ring (bicyclic) bond motifs is 1. The van der Waals surface area contributed by atoms with Crippen molar-refractivity contribution in [1.29, 1.82) is 0 Å². The number of ketones is 1. The standard InChI is InChI=1S/C22H28N2O6/c1-28-10-9-24-14-15(11-20(24)26)21(27)23-7-5-22(6-8-23)13-18(25)17-4-3-16(29-2)12-19(17)30-22/h3-4,12,15H,5-11,13-14H2,1-2H3/t15-/m1/s1. The van der Waals surface area contributed by atoms with Crippen LogP contribution in [0, 0.1) is 5.92 Å². The Morgan fingerprint density at radius 3 is 2.70 bits per heavy atom. The van der Waals surface area contributed by atoms with Crippen molar-refractivity contribution in [3.63, 3.8) is 0 Å². The van der Waals surface area contributed by atoms with E-state index in [1.807, 2.05) is 4.90 Å². The lowest BCUT2D eigenvalue weighted by molar-refractivity contribution is -0.139. The summed E-state index contributed by atoms with van der Waals surface area (Å²) in [6.07, 6.45) is 1.76. The second kappa shape index (κ2) is 8.26. The molecular formula is C22H28N2O6. The normalized spacial score (nSPS) is 22.8. The molecule has 0 saturated carbocycles. The fraction of sp³-hybridized carbons (Fsp3) is 0.591. The SMILES string of the molecule is COCCN1C[C@H](C(=O)N2CCC3(CC2)CC(=O)c2ccc(OC)cc2O3)CC1=O. The lowest BCUT2D eigenvalue weighted by atomic mass is 9.82. The molecule has 1 atom stereocenters. The molecule has 0 aliphatic carbocycles. The number of rotatable bonds is 5. The van der Waals surface area contributed by atoms with Gasteiger partial charge in [0.25, 0.3) is 0 Å². The van der Waals surface area contributed by atoms with E-state index in [1.54, 1.807) is 37.3 Å². The number of hydrogen-bond acceptors (Lipinski definition) is 6. The van der Waals surface area contributed by atoms with Crippen molar-refractivity contribution in [3.8, 4) is 11.5 Å². The number of methoxy groups -OCH3 is 2. The molecule has 1 aromatic rings. The molecule has 1 aromatic carbocycles. The van der Waals surface area contributed by atoms with Gasteiger partial charge >= 0.3 is 0 Å². The molecule has 1 spiro atoms. The highest BCUT2D eigenvalue weighted by Gasteiger charge is 2.45. The first-order chi connectivity index (χ1) is 14.4. The first kappa shape index (κ1) is 20.7. The van der Waals surface area contributed by atoms with Gasteiger partial charge in [-0.1, -0.05) is 0 Å². The Labute approximate surface area is 176 Å². The lowest BCUT2D eigenvalue weighted by Gasteiger charge is -2.44. The van der Waals surface area contributed by atoms with Gasteiger partial charge in [0.15, 0.2) is 5.78 Å². The van der Waals surface area contributed by atoms with Crippen molar-refractivity contribution in [2.45, 2.75) is 31.3 Å². The van der Waals surface area contributed by atoms with Gasteiger partial charge in [-0.05, 0) is 12.1 Å². The molecule has 2 amide bonds. The molecule has 162 valence electrons. The van der Waals surface area contributed by atoms with Crippen LogP contribution in [0.1, 0.15) is 36.0 Å². The predicted octanol–water partition coefficient (Wildman–Crippen LogP) is 1.52. The smallest absolute Gasteiger partial charge is 0.227 e. The van der Waals surface area contributed by atoms with Gasteiger partial charge < -0.3 is 24.0 Å². The zero-order valence-corrected chi connectivity index (χ0v) is 17.5. The maximum Gasteiger partial charge on any atom is 0.227 e. The van der Waals surface area contributed by atoms with Crippen LogP contribution in [0.5, 0.6) is 11.5 Å². The quantitative estimate of drug-likeness (QED) is 0.724. The lowest BCUT2D eigenvalue weighted by Crippen LogP contribution is -2.53. The van der Waals surface area contributed by atoms with Crippen LogP contribution in [0.25, 0.3) is 0 Å². The van der Waals surface area contributed by atoms with Crippen LogP contribution >= 0.6 is 0 Å². The van der Waals surface area contributed by atoms with Gasteiger partial charge in [0, 0.05) is 58.6 Å². The Morgan fingerprint density at radius 1 is 1.23 bits per heavy atom. The third kappa shape index (κ3) is 3.88. The van der Waals surface area contributed by atoms with Gasteiger partial charge in [-0.3, -0.25) is 14.4 Å². The number of nitrogens with zero attached hydrogens (tertiary/aromatic N) is 2. The number of Topliss-reactive ketones (excluding diaryl/α,β-unsaturated/α-hetero) is 1. The Morgan fingerprint density at radius 2 is 2.00 bits per heavy atom. The highest BCUT2D eigenvalue weighted by molar-refractivity contribution is 6.00. The summed E-state index contributed by atoms with van der Waals surface area (Å²) in [6, 6.07) is 5.26. The molecule has 3 heterocycles. The minimum atomic E-state index is -0.580. The number of piperidine rings is 1. The Bertz CT molecular complexity index is 846. The van der Waals surface area contributed by atoms with Gasteiger partial charge in [0.2, 0.25) is 11.8 Å². The van der Waals surface area contributed by atoms with E-state index >= 15 is 0 Å². The topological polar surface area (TPSA) is 85.4 Å². The van der Waals surface area contributed by atoms with E-state index in [9.17, 15) is 14.4 Å². The van der Waals surface area contributed by atoms with Crippen LogP contribution in [0.4, 0.5) is 0 Å². The van der Waals surface area contributed by atoms with Crippen molar-refractivity contribution in [3.05, 3.63) is 23.8 Å². The first-order valence-electron chi connectivity index (χ1n) is 10.4. The molecule has 8 nitrogen and oxygen atoms in total. The monoisotopic (exact) mass is 416 g/mol. The number of benzene rings is 1. The maximum absolute atomic E-state index is 13.0. The average Bonchev–Trinajstić information content (AvgIpc) is 3.12. The van der Waals surface area contributed by atoms with Gasteiger partial charge in [0.05, 0.1) is 31.6 Å². The van der Waals surface area contributed by atoms with E-state index in [1.165, 1.54) is 0 Å². The van der Waals surface area contributed by atoms with Crippen molar-refractivity contribution in [2.75, 3.05) is 47.0 Å². The van der Waals surface area contributed by atoms with E-state index in [2.05, 4.69) is 0 Å². The zero-order chi connectivity index (χ0) is 21.3. The molecular weight excluding hydrogens is 388 g/mol. The average molecular weight is 416 g/mol. The molecule has 4 rings (SSSR count). The van der Waals surface area contributed by atoms with Crippen molar-refractivity contribution >= 4 is 17.6 Å². The molecule has 0 bridgehead atoms. The third-order valence-corrected chi connectivity index (χ3v) is 6.41. The molecule has 8 heteroatoms. The van der Waals surface area contributed by atoms with Gasteiger partial charge in [0.1, 0.15) is 17.1 Å². The summed E-state index contributed by atoms with van der Waals surface area (Å²) in [4.78, 5) is 41.3. The van der Waals surface area contributed by atoms with Crippen molar-refractivity contribution in [1.82, 2.24) is 9.80 Å². The van der Waals surface area contributed by atoms with Crippen LogP contribution < -0.4 is 9.47 Å². The zero-order valence-electron chi connectivity index (χ0n) is 17.5. The predicted molar refractivity (Wildman–Crippen MR) is 108 cm³/mol.